The fourth-order valence-corrected chi connectivity index (χ4v) is 2.76. The minimum absolute atomic E-state index is 0.0211. The van der Waals surface area contributed by atoms with Crippen LogP contribution >= 0.6 is 27.7 Å². The highest BCUT2D eigenvalue weighted by Gasteiger charge is 2.20. The van der Waals surface area contributed by atoms with Crippen LogP contribution in [0.3, 0.4) is 0 Å². The normalized spacial score (nSPS) is 12.2. The monoisotopic (exact) mass is 316 g/mol. The topological polar surface area (TPSA) is 33.2 Å². The predicted octanol–water partition coefficient (Wildman–Crippen LogP) is 3.06. The molecule has 0 N–H and O–H groups in total. The third-order valence-corrected chi connectivity index (χ3v) is 3.79. The molecule has 1 aromatic heterocycles. The van der Waals surface area contributed by atoms with E-state index in [2.05, 4.69) is 34.1 Å². The molecule has 0 aliphatic carbocycles. The summed E-state index contributed by atoms with van der Waals surface area (Å²) in [6.45, 7) is 2.10. The number of pyridine rings is 1. The maximum atomic E-state index is 12.2. The third-order valence-electron chi connectivity index (χ3n) is 2.63. The van der Waals surface area contributed by atoms with Gasteiger partial charge in [-0.25, -0.2) is 4.98 Å². The van der Waals surface area contributed by atoms with Crippen molar-refractivity contribution in [2.24, 2.45) is 0 Å². The maximum Gasteiger partial charge on any atom is 0.272 e. The molecule has 0 radical (unpaired) electrons. The molecule has 1 amide bonds. The van der Waals surface area contributed by atoms with E-state index in [9.17, 15) is 4.79 Å². The van der Waals surface area contributed by atoms with Crippen LogP contribution in [-0.2, 0) is 0 Å². The zero-order chi connectivity index (χ0) is 12.8. The first-order valence-corrected chi connectivity index (χ1v) is 7.67. The Labute approximate surface area is 115 Å². The molecule has 0 bridgehead atoms. The van der Waals surface area contributed by atoms with E-state index in [1.54, 1.807) is 22.7 Å². The van der Waals surface area contributed by atoms with E-state index in [1.165, 1.54) is 0 Å². The highest BCUT2D eigenvalue weighted by molar-refractivity contribution is 9.10. The second kappa shape index (κ2) is 7.01. The van der Waals surface area contributed by atoms with Crippen molar-refractivity contribution >= 4 is 33.6 Å². The van der Waals surface area contributed by atoms with Crippen LogP contribution in [0.4, 0.5) is 0 Å². The van der Waals surface area contributed by atoms with Crippen LogP contribution in [0.5, 0.6) is 0 Å². The lowest BCUT2D eigenvalue weighted by atomic mass is 10.2. The Hall–Kier alpha value is -0.550. The van der Waals surface area contributed by atoms with E-state index in [-0.39, 0.29) is 11.9 Å². The van der Waals surface area contributed by atoms with Crippen LogP contribution in [0.15, 0.2) is 22.8 Å². The van der Waals surface area contributed by atoms with Crippen molar-refractivity contribution < 1.29 is 4.79 Å². The second-order valence-corrected chi connectivity index (χ2v) is 5.50. The summed E-state index contributed by atoms with van der Waals surface area (Å²) in [5, 5.41) is 0. The fraction of sp³-hybridized carbons (Fsp3) is 0.500. The largest absolute Gasteiger partial charge is 0.337 e. The smallest absolute Gasteiger partial charge is 0.272 e. The minimum atomic E-state index is -0.0211. The lowest BCUT2D eigenvalue weighted by Crippen LogP contribution is -2.38. The summed E-state index contributed by atoms with van der Waals surface area (Å²) < 4.78 is 0.690. The Balaban J connectivity index is 2.81. The van der Waals surface area contributed by atoms with Gasteiger partial charge in [0.1, 0.15) is 10.3 Å². The zero-order valence-electron chi connectivity index (χ0n) is 10.3. The van der Waals surface area contributed by atoms with E-state index in [1.807, 2.05) is 19.2 Å². The van der Waals surface area contributed by atoms with Crippen molar-refractivity contribution in [3.8, 4) is 0 Å². The van der Waals surface area contributed by atoms with Crippen molar-refractivity contribution in [1.29, 1.82) is 0 Å². The molecular formula is C12H17BrN2OS. The van der Waals surface area contributed by atoms with Gasteiger partial charge in [0, 0.05) is 18.8 Å². The van der Waals surface area contributed by atoms with E-state index in [0.717, 1.165) is 12.2 Å². The molecule has 1 rings (SSSR count). The summed E-state index contributed by atoms with van der Waals surface area (Å²) in [6, 6.07) is 5.65. The average Bonchev–Trinajstić information content (AvgIpc) is 2.34. The van der Waals surface area contributed by atoms with Crippen LogP contribution < -0.4 is 0 Å². The number of carbonyl (C=O) groups is 1. The van der Waals surface area contributed by atoms with Crippen LogP contribution in [0.1, 0.15) is 23.8 Å². The van der Waals surface area contributed by atoms with Gasteiger partial charge >= 0.3 is 0 Å². The van der Waals surface area contributed by atoms with Crippen LogP contribution in [-0.4, -0.2) is 40.9 Å². The molecule has 1 heterocycles. The molecule has 94 valence electrons. The zero-order valence-corrected chi connectivity index (χ0v) is 12.7. The Morgan fingerprint density at radius 3 is 2.82 bits per heavy atom. The number of nitrogens with zero attached hydrogens (tertiary/aromatic N) is 2. The lowest BCUT2D eigenvalue weighted by Gasteiger charge is -2.26. The standard InChI is InChI=1S/C12H17BrN2OS/c1-4-9(8-17-3)15(2)12(16)10-6-5-7-11(13)14-10/h5-7,9H,4,8H2,1-3H3. The lowest BCUT2D eigenvalue weighted by molar-refractivity contribution is 0.0737. The van der Waals surface area contributed by atoms with Crippen LogP contribution in [0.25, 0.3) is 0 Å². The summed E-state index contributed by atoms with van der Waals surface area (Å²) in [4.78, 5) is 18.2. The van der Waals surface area contributed by atoms with Gasteiger partial charge < -0.3 is 4.90 Å². The van der Waals surface area contributed by atoms with Gasteiger partial charge in [-0.3, -0.25) is 4.79 Å². The molecule has 0 saturated heterocycles. The molecule has 0 aliphatic heterocycles. The number of carbonyl (C=O) groups excluding carboxylic acids is 1. The average molecular weight is 317 g/mol. The van der Waals surface area contributed by atoms with Gasteiger partial charge in [0.05, 0.1) is 0 Å². The van der Waals surface area contributed by atoms with Crippen molar-refractivity contribution in [3.63, 3.8) is 0 Å². The Bertz CT molecular complexity index is 387. The maximum absolute atomic E-state index is 12.2. The fourth-order valence-electron chi connectivity index (χ4n) is 1.57. The number of hydrogen-bond acceptors (Lipinski definition) is 3. The summed E-state index contributed by atoms with van der Waals surface area (Å²) >= 11 is 5.03. The van der Waals surface area contributed by atoms with Gasteiger partial charge in [-0.1, -0.05) is 13.0 Å². The van der Waals surface area contributed by atoms with Crippen molar-refractivity contribution in [2.45, 2.75) is 19.4 Å². The first-order valence-electron chi connectivity index (χ1n) is 5.48. The summed E-state index contributed by atoms with van der Waals surface area (Å²) in [6.07, 6.45) is 3.01. The molecule has 1 aromatic rings. The predicted molar refractivity (Wildman–Crippen MR) is 76.5 cm³/mol. The van der Waals surface area contributed by atoms with Crippen molar-refractivity contribution in [1.82, 2.24) is 9.88 Å². The molecule has 0 aliphatic rings. The number of rotatable bonds is 5. The van der Waals surface area contributed by atoms with Gasteiger partial charge in [-0.05, 0) is 40.7 Å². The molecular weight excluding hydrogens is 300 g/mol. The number of halogens is 1. The van der Waals surface area contributed by atoms with Crippen LogP contribution in [0.2, 0.25) is 0 Å². The summed E-state index contributed by atoms with van der Waals surface area (Å²) in [5.74, 6) is 0.930. The Morgan fingerprint density at radius 2 is 2.29 bits per heavy atom. The van der Waals surface area contributed by atoms with Gasteiger partial charge in [0.25, 0.3) is 5.91 Å². The molecule has 0 aromatic carbocycles. The quantitative estimate of drug-likeness (QED) is 0.783. The van der Waals surface area contributed by atoms with E-state index < -0.39 is 0 Å². The van der Waals surface area contributed by atoms with Crippen molar-refractivity contribution in [2.75, 3.05) is 19.1 Å². The number of amides is 1. The van der Waals surface area contributed by atoms with E-state index in [0.29, 0.717) is 10.3 Å². The van der Waals surface area contributed by atoms with Crippen molar-refractivity contribution in [3.05, 3.63) is 28.5 Å². The minimum Gasteiger partial charge on any atom is -0.337 e. The number of thioether (sulfide) groups is 1. The van der Waals surface area contributed by atoms with Gasteiger partial charge in [0.2, 0.25) is 0 Å². The third kappa shape index (κ3) is 4.00. The molecule has 0 fully saturated rings. The molecule has 1 unspecified atom stereocenters. The Kier molecular flexibility index (Phi) is 5.98. The van der Waals surface area contributed by atoms with Crippen LogP contribution in [0, 0.1) is 0 Å². The SMILES string of the molecule is CCC(CSC)N(C)C(=O)c1cccc(Br)n1. The molecule has 1 atom stereocenters. The first-order chi connectivity index (χ1) is 8.10. The number of aromatic nitrogens is 1. The molecule has 3 nitrogen and oxygen atoms in total. The molecule has 5 heteroatoms. The first kappa shape index (κ1) is 14.5. The van der Waals surface area contributed by atoms with Gasteiger partial charge in [-0.15, -0.1) is 0 Å². The summed E-state index contributed by atoms with van der Waals surface area (Å²) in [5.41, 5.74) is 0.487. The van der Waals surface area contributed by atoms with Gasteiger partial charge in [-0.2, -0.15) is 11.8 Å². The second-order valence-electron chi connectivity index (χ2n) is 3.78. The van der Waals surface area contributed by atoms with Gasteiger partial charge in [0.15, 0.2) is 0 Å². The summed E-state index contributed by atoms with van der Waals surface area (Å²) in [7, 11) is 1.84. The molecule has 17 heavy (non-hydrogen) atoms. The molecule has 0 saturated carbocycles. The Morgan fingerprint density at radius 1 is 1.59 bits per heavy atom. The van der Waals surface area contributed by atoms with E-state index >= 15 is 0 Å². The van der Waals surface area contributed by atoms with E-state index in [4.69, 9.17) is 0 Å². The highest BCUT2D eigenvalue weighted by Crippen LogP contribution is 2.13. The highest BCUT2D eigenvalue weighted by atomic mass is 79.9. The molecule has 0 spiro atoms. The number of hydrogen-bond donors (Lipinski definition) is 0.